The Bertz CT molecular complexity index is 1880. The number of allylic oxidation sites excluding steroid dienone is 31. The molecule has 0 saturated heterocycles. The van der Waals surface area contributed by atoms with Gasteiger partial charge in [0.2, 0.25) is 0 Å². The quantitative estimate of drug-likeness (QED) is 0.0264. The summed E-state index contributed by atoms with van der Waals surface area (Å²) in [5, 5.41) is 0. The van der Waals surface area contributed by atoms with E-state index < -0.39 is 32.5 Å². The van der Waals surface area contributed by atoms with E-state index in [1.807, 2.05) is 12.2 Å². The first-order chi connectivity index (χ1) is 35.8. The molecule has 0 aliphatic carbocycles. The molecule has 0 amide bonds. The van der Waals surface area contributed by atoms with Crippen molar-refractivity contribution in [3.05, 3.63) is 194 Å². The maximum Gasteiger partial charge on any atom is 0.472 e. The van der Waals surface area contributed by atoms with E-state index in [4.69, 9.17) is 24.3 Å². The fourth-order valence-electron chi connectivity index (χ4n) is 6.12. The molecule has 10 heteroatoms. The standard InChI is InChI=1S/C63H94NO8P/c1-3-5-7-9-11-13-15-17-19-20-21-22-23-24-25-26-27-28-29-30-31-32-33-34-35-36-37-38-39-40-42-44-46-48-50-52-54-56-63(66)72-61(60-71-73(67,68)70-58-57-64)59-69-62(65)55-53-51-49-47-45-43-41-18-16-14-12-10-8-6-4-2/h5-8,11-14,17-19,21-22,24-25,27-28,30-31,33-34,36-37,39-41,44-47,51,53,61H,3-4,9-10,15-16,20,23,26,29,32,35,38,42-43,48-50,52,54-60,64H2,1-2H3,(H,67,68)/b7-5-,8-6-,13-11-,14-12-,19-17-,22-21-,25-24-,28-27-,31-30-,34-33-,37-36-,40-39-,41-18-,46-44-,47-45-,53-51-. The van der Waals surface area contributed by atoms with Crippen LogP contribution in [-0.2, 0) is 32.7 Å². The van der Waals surface area contributed by atoms with Gasteiger partial charge in [0.25, 0.3) is 0 Å². The van der Waals surface area contributed by atoms with Crippen LogP contribution in [0.2, 0.25) is 0 Å². The molecule has 0 saturated carbocycles. The number of hydrogen-bond acceptors (Lipinski definition) is 8. The van der Waals surface area contributed by atoms with Crippen molar-refractivity contribution >= 4 is 19.8 Å². The third-order valence-electron chi connectivity index (χ3n) is 10.0. The highest BCUT2D eigenvalue weighted by molar-refractivity contribution is 7.47. The fraction of sp³-hybridized carbons (Fsp3) is 0.460. The minimum atomic E-state index is -4.43. The molecule has 0 aromatic rings. The van der Waals surface area contributed by atoms with Gasteiger partial charge >= 0.3 is 19.8 Å². The Morgan fingerprint density at radius 1 is 0.425 bits per heavy atom. The molecule has 0 radical (unpaired) electrons. The lowest BCUT2D eigenvalue weighted by Gasteiger charge is -2.19. The van der Waals surface area contributed by atoms with Crippen molar-refractivity contribution in [3.63, 3.8) is 0 Å². The summed E-state index contributed by atoms with van der Waals surface area (Å²) in [4.78, 5) is 34.9. The summed E-state index contributed by atoms with van der Waals surface area (Å²) >= 11 is 0. The zero-order valence-corrected chi connectivity index (χ0v) is 45.7. The summed E-state index contributed by atoms with van der Waals surface area (Å²) in [6.07, 6.45) is 86.6. The Balaban J connectivity index is 4.20. The molecule has 404 valence electrons. The molecule has 0 aromatic heterocycles. The Morgan fingerprint density at radius 2 is 0.753 bits per heavy atom. The molecule has 0 spiro atoms. The van der Waals surface area contributed by atoms with Crippen molar-refractivity contribution in [1.29, 1.82) is 0 Å². The van der Waals surface area contributed by atoms with E-state index in [-0.39, 0.29) is 32.6 Å². The van der Waals surface area contributed by atoms with Crippen LogP contribution in [0.1, 0.15) is 155 Å². The van der Waals surface area contributed by atoms with Crippen LogP contribution in [0.3, 0.4) is 0 Å². The minimum Gasteiger partial charge on any atom is -0.461 e. The van der Waals surface area contributed by atoms with Crippen LogP contribution in [0.4, 0.5) is 0 Å². The summed E-state index contributed by atoms with van der Waals surface area (Å²) < 4.78 is 32.7. The Labute approximate surface area is 443 Å². The second-order valence-electron chi connectivity index (χ2n) is 16.6. The molecule has 0 aromatic carbocycles. The second-order valence-corrected chi connectivity index (χ2v) is 18.1. The summed E-state index contributed by atoms with van der Waals surface area (Å²) in [6, 6.07) is 0. The summed E-state index contributed by atoms with van der Waals surface area (Å²) in [5.41, 5.74) is 5.35. The Hall–Kier alpha value is -5.15. The van der Waals surface area contributed by atoms with Gasteiger partial charge in [-0.05, 0) is 122 Å². The van der Waals surface area contributed by atoms with Crippen LogP contribution in [0.15, 0.2) is 194 Å². The van der Waals surface area contributed by atoms with Crippen molar-refractivity contribution in [1.82, 2.24) is 0 Å². The third kappa shape index (κ3) is 56.0. The van der Waals surface area contributed by atoms with Crippen LogP contribution < -0.4 is 5.73 Å². The van der Waals surface area contributed by atoms with Gasteiger partial charge < -0.3 is 20.1 Å². The molecule has 0 aliphatic rings. The number of hydrogen-bond donors (Lipinski definition) is 2. The van der Waals surface area contributed by atoms with Gasteiger partial charge in [-0.15, -0.1) is 0 Å². The lowest BCUT2D eigenvalue weighted by atomic mass is 10.1. The number of ether oxygens (including phenoxy) is 2. The van der Waals surface area contributed by atoms with Gasteiger partial charge in [-0.3, -0.25) is 18.6 Å². The van der Waals surface area contributed by atoms with Crippen molar-refractivity contribution < 1.29 is 37.6 Å². The number of nitrogens with two attached hydrogens (primary N) is 1. The number of carbonyl (C=O) groups is 2. The van der Waals surface area contributed by atoms with Crippen molar-refractivity contribution in [2.45, 2.75) is 161 Å². The molecule has 2 atom stereocenters. The van der Waals surface area contributed by atoms with Crippen LogP contribution in [0.25, 0.3) is 0 Å². The first-order valence-corrected chi connectivity index (χ1v) is 28.4. The monoisotopic (exact) mass is 1020 g/mol. The normalized spacial score (nSPS) is 14.6. The molecule has 73 heavy (non-hydrogen) atoms. The second kappa shape index (κ2) is 56.2. The maximum atomic E-state index is 12.6. The van der Waals surface area contributed by atoms with Gasteiger partial charge in [0.05, 0.1) is 19.6 Å². The number of esters is 2. The van der Waals surface area contributed by atoms with E-state index >= 15 is 0 Å². The molecular weight excluding hydrogens is 930 g/mol. The lowest BCUT2D eigenvalue weighted by Crippen LogP contribution is -2.29. The summed E-state index contributed by atoms with van der Waals surface area (Å²) in [7, 11) is -4.43. The molecule has 2 unspecified atom stereocenters. The average molecular weight is 1020 g/mol. The molecule has 0 aliphatic heterocycles. The Kier molecular flexibility index (Phi) is 52.2. The number of phosphoric ester groups is 1. The molecule has 0 rings (SSSR count). The van der Waals surface area contributed by atoms with Crippen molar-refractivity contribution in [2.75, 3.05) is 26.4 Å². The van der Waals surface area contributed by atoms with Crippen LogP contribution >= 0.6 is 7.82 Å². The van der Waals surface area contributed by atoms with Crippen LogP contribution in [0.5, 0.6) is 0 Å². The van der Waals surface area contributed by atoms with Crippen LogP contribution in [0, 0.1) is 0 Å². The lowest BCUT2D eigenvalue weighted by molar-refractivity contribution is -0.160. The largest absolute Gasteiger partial charge is 0.472 e. The van der Waals surface area contributed by atoms with Gasteiger partial charge in [-0.2, -0.15) is 0 Å². The van der Waals surface area contributed by atoms with Crippen molar-refractivity contribution in [3.8, 4) is 0 Å². The van der Waals surface area contributed by atoms with Gasteiger partial charge in [-0.25, -0.2) is 4.57 Å². The smallest absolute Gasteiger partial charge is 0.461 e. The summed E-state index contributed by atoms with van der Waals surface area (Å²) in [5.74, 6) is -1.04. The van der Waals surface area contributed by atoms with E-state index in [0.717, 1.165) is 116 Å². The van der Waals surface area contributed by atoms with Gasteiger partial charge in [0.1, 0.15) is 6.61 Å². The minimum absolute atomic E-state index is 0.0245. The SMILES string of the molecule is CC/C=C\C/C=C\C/C=C\C/C=C\C/C=C\C/C=C\C/C=C\C/C=C\C/C=C\C/C=C\C/C=C\CCCCCC(=O)OC(COC(=O)C/C=C\C/C=C\C/C=C\C/C=C\C/C=C\CC)COP(=O)(O)OCCN. The first-order valence-electron chi connectivity index (χ1n) is 26.9. The number of rotatable bonds is 47. The molecule has 9 nitrogen and oxygen atoms in total. The molecule has 0 bridgehead atoms. The number of phosphoric acid groups is 1. The molecule has 3 N–H and O–H groups in total. The highest BCUT2D eigenvalue weighted by Crippen LogP contribution is 2.43. The fourth-order valence-corrected chi connectivity index (χ4v) is 6.89. The summed E-state index contributed by atoms with van der Waals surface area (Å²) in [6.45, 7) is 3.30. The Morgan fingerprint density at radius 3 is 1.10 bits per heavy atom. The van der Waals surface area contributed by atoms with Gasteiger partial charge in [-0.1, -0.05) is 215 Å². The molecular formula is C63H94NO8P. The average Bonchev–Trinajstić information content (AvgIpc) is 3.38. The van der Waals surface area contributed by atoms with Crippen LogP contribution in [-0.4, -0.2) is 49.3 Å². The van der Waals surface area contributed by atoms with Gasteiger partial charge in [0, 0.05) is 13.0 Å². The highest BCUT2D eigenvalue weighted by Gasteiger charge is 2.25. The van der Waals surface area contributed by atoms with Crippen molar-refractivity contribution in [2.24, 2.45) is 5.73 Å². The maximum absolute atomic E-state index is 12.6. The number of unbranched alkanes of at least 4 members (excludes halogenated alkanes) is 3. The predicted molar refractivity (Wildman–Crippen MR) is 311 cm³/mol. The van der Waals surface area contributed by atoms with E-state index in [1.165, 1.54) is 0 Å². The van der Waals surface area contributed by atoms with Gasteiger partial charge in [0.15, 0.2) is 6.10 Å². The van der Waals surface area contributed by atoms with E-state index in [0.29, 0.717) is 12.8 Å². The topological polar surface area (TPSA) is 134 Å². The van der Waals surface area contributed by atoms with E-state index in [9.17, 15) is 19.0 Å². The third-order valence-corrected chi connectivity index (χ3v) is 11.0. The molecule has 0 heterocycles. The first kappa shape index (κ1) is 67.8. The predicted octanol–water partition coefficient (Wildman–Crippen LogP) is 17.1. The number of carbonyl (C=O) groups excluding carboxylic acids is 2. The zero-order valence-electron chi connectivity index (χ0n) is 44.8. The highest BCUT2D eigenvalue weighted by atomic mass is 31.2. The molecule has 0 fully saturated rings. The van der Waals surface area contributed by atoms with E-state index in [2.05, 4.69) is 190 Å². The van der Waals surface area contributed by atoms with E-state index in [1.54, 1.807) is 6.08 Å². The zero-order chi connectivity index (χ0) is 53.1.